The molecule has 0 unspecified atom stereocenters. The van der Waals surface area contributed by atoms with Crippen molar-refractivity contribution < 1.29 is 19.2 Å². The fourth-order valence-electron chi connectivity index (χ4n) is 3.09. The van der Waals surface area contributed by atoms with Gasteiger partial charge in [0, 0.05) is 36.9 Å². The molecule has 0 bridgehead atoms. The summed E-state index contributed by atoms with van der Waals surface area (Å²) in [6.07, 6.45) is 3.10. The summed E-state index contributed by atoms with van der Waals surface area (Å²) in [4.78, 5) is 42.4. The number of nitrogens with zero attached hydrogens (tertiary/aromatic N) is 5. The fourth-order valence-corrected chi connectivity index (χ4v) is 3.09. The quantitative estimate of drug-likeness (QED) is 0.219. The number of hydrogen-bond acceptors (Lipinski definition) is 8. The van der Waals surface area contributed by atoms with E-state index >= 15 is 0 Å². The molecule has 0 atom stereocenters. The maximum Gasteiger partial charge on any atom is 0.308 e. The third-order valence-corrected chi connectivity index (χ3v) is 4.36. The van der Waals surface area contributed by atoms with Crippen molar-refractivity contribution in [1.82, 2.24) is 19.6 Å². The molecule has 0 saturated heterocycles. The number of para-hydroxylation sites is 1. The standard InChI is InChI=1S/C21H16N6O5/c1-12(28)22-21-24-20-16-5-3-4-6-17(16)23-19(26(20)25-21)10-7-14-11-15(27(30)31)8-9-18(14)32-13(2)29/h3-11H,1-2H3,(H,22,25,28)/b10-7+. The average molecular weight is 432 g/mol. The molecule has 0 fully saturated rings. The molecule has 0 spiro atoms. The predicted octanol–water partition coefficient (Wildman–Crippen LogP) is 3.24. The normalized spacial score (nSPS) is 11.2. The number of hydrogen-bond donors (Lipinski definition) is 1. The molecule has 0 saturated carbocycles. The van der Waals surface area contributed by atoms with Crippen molar-refractivity contribution in [3.05, 3.63) is 64.0 Å². The van der Waals surface area contributed by atoms with Crippen molar-refractivity contribution in [2.24, 2.45) is 0 Å². The number of carbonyl (C=O) groups is 2. The molecule has 0 aliphatic rings. The topological polar surface area (TPSA) is 142 Å². The van der Waals surface area contributed by atoms with E-state index in [0.717, 1.165) is 5.39 Å². The SMILES string of the molecule is CC(=O)Nc1nc2c3ccccc3nc(/C=C/c3cc([N+](=O)[O-])ccc3OC(C)=O)n2n1. The van der Waals surface area contributed by atoms with Crippen molar-refractivity contribution >= 4 is 52.2 Å². The van der Waals surface area contributed by atoms with Crippen LogP contribution in [-0.2, 0) is 9.59 Å². The lowest BCUT2D eigenvalue weighted by molar-refractivity contribution is -0.384. The minimum absolute atomic E-state index is 0.112. The molecule has 1 N–H and O–H groups in total. The van der Waals surface area contributed by atoms with Crippen molar-refractivity contribution in [3.8, 4) is 5.75 Å². The Balaban J connectivity index is 1.87. The molecule has 11 heteroatoms. The van der Waals surface area contributed by atoms with Crippen molar-refractivity contribution in [1.29, 1.82) is 0 Å². The van der Waals surface area contributed by atoms with Crippen LogP contribution in [-0.4, -0.2) is 36.4 Å². The van der Waals surface area contributed by atoms with Crippen LogP contribution in [0, 0.1) is 10.1 Å². The highest BCUT2D eigenvalue weighted by Gasteiger charge is 2.14. The van der Waals surface area contributed by atoms with Gasteiger partial charge in [-0.3, -0.25) is 25.0 Å². The number of nitrogens with one attached hydrogen (secondary N) is 1. The average Bonchev–Trinajstić information content (AvgIpc) is 3.15. The van der Waals surface area contributed by atoms with Crippen LogP contribution in [0.3, 0.4) is 0 Å². The maximum atomic E-state index is 11.4. The Morgan fingerprint density at radius 2 is 1.91 bits per heavy atom. The molecule has 2 aromatic carbocycles. The number of aromatic nitrogens is 4. The van der Waals surface area contributed by atoms with Gasteiger partial charge in [0.05, 0.1) is 10.4 Å². The first-order valence-corrected chi connectivity index (χ1v) is 9.40. The number of ether oxygens (including phenoxy) is 1. The number of non-ortho nitro benzene ring substituents is 1. The summed E-state index contributed by atoms with van der Waals surface area (Å²) in [5, 5.41) is 18.7. The van der Waals surface area contributed by atoms with Gasteiger partial charge in [-0.2, -0.15) is 9.50 Å². The summed E-state index contributed by atoms with van der Waals surface area (Å²) in [5.41, 5.74) is 1.25. The summed E-state index contributed by atoms with van der Waals surface area (Å²) >= 11 is 0. The number of carbonyl (C=O) groups excluding carboxylic acids is 2. The van der Waals surface area contributed by atoms with Gasteiger partial charge >= 0.3 is 5.97 Å². The number of esters is 1. The predicted molar refractivity (Wildman–Crippen MR) is 116 cm³/mol. The molecule has 0 radical (unpaired) electrons. The van der Waals surface area contributed by atoms with E-state index in [2.05, 4.69) is 20.4 Å². The van der Waals surface area contributed by atoms with Gasteiger partial charge in [-0.25, -0.2) is 4.98 Å². The van der Waals surface area contributed by atoms with Crippen LogP contribution in [0.2, 0.25) is 0 Å². The van der Waals surface area contributed by atoms with Gasteiger partial charge in [-0.1, -0.05) is 12.1 Å². The van der Waals surface area contributed by atoms with Gasteiger partial charge in [0.1, 0.15) is 5.75 Å². The molecule has 32 heavy (non-hydrogen) atoms. The second-order valence-corrected chi connectivity index (χ2v) is 6.75. The number of fused-ring (bicyclic) bond motifs is 3. The Bertz CT molecular complexity index is 1430. The lowest BCUT2D eigenvalue weighted by Crippen LogP contribution is -2.07. The van der Waals surface area contributed by atoms with Gasteiger partial charge in [0.25, 0.3) is 5.69 Å². The lowest BCUT2D eigenvalue weighted by Gasteiger charge is -2.06. The lowest BCUT2D eigenvalue weighted by atomic mass is 10.1. The third kappa shape index (κ3) is 4.12. The molecule has 2 heterocycles. The first-order valence-electron chi connectivity index (χ1n) is 9.40. The number of nitro groups is 1. The molecule has 1 amide bonds. The number of benzene rings is 2. The van der Waals surface area contributed by atoms with Crippen LogP contribution in [0.25, 0.3) is 28.7 Å². The summed E-state index contributed by atoms with van der Waals surface area (Å²) in [5.74, 6) is -0.257. The summed E-state index contributed by atoms with van der Waals surface area (Å²) in [6, 6.07) is 11.2. The highest BCUT2D eigenvalue weighted by Crippen LogP contribution is 2.27. The van der Waals surface area contributed by atoms with Crippen LogP contribution in [0.5, 0.6) is 5.75 Å². The zero-order chi connectivity index (χ0) is 22.8. The van der Waals surface area contributed by atoms with Crippen LogP contribution in [0.1, 0.15) is 25.2 Å². The Labute approximate surface area is 180 Å². The Kier molecular flexibility index (Phi) is 5.29. The fraction of sp³-hybridized carbons (Fsp3) is 0.0952. The van der Waals surface area contributed by atoms with Gasteiger partial charge in [-0.05, 0) is 30.4 Å². The van der Waals surface area contributed by atoms with E-state index in [1.807, 2.05) is 18.2 Å². The first kappa shape index (κ1) is 20.6. The third-order valence-electron chi connectivity index (χ3n) is 4.36. The van der Waals surface area contributed by atoms with E-state index < -0.39 is 10.9 Å². The zero-order valence-corrected chi connectivity index (χ0v) is 17.0. The second kappa shape index (κ2) is 8.22. The van der Waals surface area contributed by atoms with Gasteiger partial charge in [0.2, 0.25) is 11.9 Å². The molecule has 160 valence electrons. The molecule has 0 aliphatic heterocycles. The summed E-state index contributed by atoms with van der Waals surface area (Å²) < 4.78 is 6.61. The minimum atomic E-state index is -0.559. The van der Waals surface area contributed by atoms with Gasteiger partial charge < -0.3 is 4.74 Å². The van der Waals surface area contributed by atoms with E-state index in [4.69, 9.17) is 4.74 Å². The number of nitro benzene ring substituents is 1. The van der Waals surface area contributed by atoms with Crippen LogP contribution in [0.15, 0.2) is 42.5 Å². The molecule has 11 nitrogen and oxygen atoms in total. The van der Waals surface area contributed by atoms with Crippen molar-refractivity contribution in [3.63, 3.8) is 0 Å². The minimum Gasteiger partial charge on any atom is -0.426 e. The van der Waals surface area contributed by atoms with Crippen molar-refractivity contribution in [2.45, 2.75) is 13.8 Å². The Hall–Kier alpha value is -4.67. The van der Waals surface area contributed by atoms with E-state index in [0.29, 0.717) is 22.6 Å². The first-order chi connectivity index (χ1) is 15.3. The summed E-state index contributed by atoms with van der Waals surface area (Å²) in [7, 11) is 0. The van der Waals surface area contributed by atoms with Crippen molar-refractivity contribution in [2.75, 3.05) is 5.32 Å². The largest absolute Gasteiger partial charge is 0.426 e. The number of amides is 1. The monoisotopic (exact) mass is 432 g/mol. The zero-order valence-electron chi connectivity index (χ0n) is 17.0. The van der Waals surface area contributed by atoms with Crippen LogP contribution >= 0.6 is 0 Å². The highest BCUT2D eigenvalue weighted by molar-refractivity contribution is 5.94. The van der Waals surface area contributed by atoms with E-state index in [1.165, 1.54) is 42.6 Å². The molecule has 2 aromatic heterocycles. The van der Waals surface area contributed by atoms with E-state index in [1.54, 1.807) is 12.1 Å². The maximum absolute atomic E-state index is 11.4. The van der Waals surface area contributed by atoms with E-state index in [9.17, 15) is 19.7 Å². The molecule has 4 rings (SSSR count). The molecule has 4 aromatic rings. The van der Waals surface area contributed by atoms with Gasteiger partial charge in [-0.15, -0.1) is 5.10 Å². The second-order valence-electron chi connectivity index (χ2n) is 6.75. The molecular weight excluding hydrogens is 416 g/mol. The molecule has 0 aliphatic carbocycles. The van der Waals surface area contributed by atoms with Crippen LogP contribution < -0.4 is 10.1 Å². The smallest absolute Gasteiger partial charge is 0.308 e. The number of anilines is 1. The Morgan fingerprint density at radius 1 is 1.12 bits per heavy atom. The van der Waals surface area contributed by atoms with Crippen LogP contribution in [0.4, 0.5) is 11.6 Å². The van der Waals surface area contributed by atoms with Gasteiger partial charge in [0.15, 0.2) is 11.5 Å². The number of rotatable bonds is 5. The Morgan fingerprint density at radius 3 is 2.62 bits per heavy atom. The summed E-state index contributed by atoms with van der Waals surface area (Å²) in [6.45, 7) is 2.59. The van der Waals surface area contributed by atoms with E-state index in [-0.39, 0.29) is 23.3 Å². The molecular formula is C21H16N6O5. The highest BCUT2D eigenvalue weighted by atomic mass is 16.6.